The van der Waals surface area contributed by atoms with Gasteiger partial charge in [-0.3, -0.25) is 0 Å². The summed E-state index contributed by atoms with van der Waals surface area (Å²) in [6.45, 7) is 8.82. The topological polar surface area (TPSA) is 31.4 Å². The van der Waals surface area contributed by atoms with Crippen LogP contribution in [0, 0.1) is 5.92 Å². The molecule has 0 saturated carbocycles. The van der Waals surface area contributed by atoms with E-state index in [0.717, 1.165) is 25.6 Å². The number of nitrogens with one attached hydrogen (secondary N) is 1. The molecule has 1 aromatic rings. The maximum atomic E-state index is 4.67. The maximum absolute atomic E-state index is 4.67. The lowest BCUT2D eigenvalue weighted by molar-refractivity contribution is 0.284. The molecule has 1 unspecified atom stereocenters. The molecule has 0 aromatic carbocycles. The molecule has 0 spiro atoms. The Labute approximate surface area is 129 Å². The predicted molar refractivity (Wildman–Crippen MR) is 89.8 cm³/mol. The molecule has 1 fully saturated rings. The van der Waals surface area contributed by atoms with Gasteiger partial charge in [0.05, 0.1) is 0 Å². The van der Waals surface area contributed by atoms with Crippen LogP contribution in [-0.4, -0.2) is 50.2 Å². The van der Waals surface area contributed by atoms with E-state index in [4.69, 9.17) is 0 Å². The van der Waals surface area contributed by atoms with Gasteiger partial charge in [0.25, 0.3) is 0 Å². The Bertz CT molecular complexity index is 425. The van der Waals surface area contributed by atoms with E-state index in [0.29, 0.717) is 6.04 Å². The van der Waals surface area contributed by atoms with Crippen molar-refractivity contribution in [1.82, 2.24) is 15.2 Å². The van der Waals surface area contributed by atoms with Crippen LogP contribution < -0.4 is 10.2 Å². The highest BCUT2D eigenvalue weighted by molar-refractivity contribution is 5.48. The van der Waals surface area contributed by atoms with E-state index in [1.54, 1.807) is 0 Å². The Kier molecular flexibility index (Phi) is 6.00. The second-order valence-corrected chi connectivity index (χ2v) is 6.39. The Balaban J connectivity index is 2.03. The highest BCUT2D eigenvalue weighted by atomic mass is 15.2. The molecular formula is C17H30N4. The minimum Gasteiger partial charge on any atom is -0.356 e. The third-order valence-corrected chi connectivity index (χ3v) is 4.33. The molecule has 4 heteroatoms. The lowest BCUT2D eigenvalue weighted by atomic mass is 9.96. The van der Waals surface area contributed by atoms with Gasteiger partial charge in [-0.05, 0) is 52.4 Å². The zero-order valence-corrected chi connectivity index (χ0v) is 14.0. The van der Waals surface area contributed by atoms with Crippen LogP contribution in [0.4, 0.5) is 5.82 Å². The van der Waals surface area contributed by atoms with E-state index in [1.807, 2.05) is 12.3 Å². The largest absolute Gasteiger partial charge is 0.356 e. The number of hydrogen-bond acceptors (Lipinski definition) is 4. The summed E-state index contributed by atoms with van der Waals surface area (Å²) in [5.74, 6) is 2.00. The smallest absolute Gasteiger partial charge is 0.133 e. The van der Waals surface area contributed by atoms with Crippen LogP contribution in [0.2, 0.25) is 0 Å². The molecule has 0 aliphatic carbocycles. The molecule has 2 rings (SSSR count). The van der Waals surface area contributed by atoms with Crippen molar-refractivity contribution in [2.75, 3.05) is 45.2 Å². The van der Waals surface area contributed by atoms with Crippen LogP contribution >= 0.6 is 0 Å². The van der Waals surface area contributed by atoms with Gasteiger partial charge in [0.2, 0.25) is 0 Å². The summed E-state index contributed by atoms with van der Waals surface area (Å²) in [6.07, 6.45) is 4.46. The highest BCUT2D eigenvalue weighted by Crippen LogP contribution is 2.28. The number of pyridine rings is 1. The van der Waals surface area contributed by atoms with E-state index in [-0.39, 0.29) is 0 Å². The molecule has 1 saturated heterocycles. The molecule has 1 N–H and O–H groups in total. The normalized spacial score (nSPS) is 18.2. The molecule has 4 nitrogen and oxygen atoms in total. The number of nitrogens with zero attached hydrogens (tertiary/aromatic N) is 3. The lowest BCUT2D eigenvalue weighted by Crippen LogP contribution is -2.38. The first-order valence-corrected chi connectivity index (χ1v) is 8.19. The van der Waals surface area contributed by atoms with E-state index >= 15 is 0 Å². The molecule has 1 aromatic heterocycles. The zero-order chi connectivity index (χ0) is 15.2. The monoisotopic (exact) mass is 290 g/mol. The summed E-state index contributed by atoms with van der Waals surface area (Å²) in [4.78, 5) is 9.44. The first-order valence-electron chi connectivity index (χ1n) is 8.19. The number of rotatable bonds is 6. The van der Waals surface area contributed by atoms with Crippen molar-refractivity contribution in [3.8, 4) is 0 Å². The summed E-state index contributed by atoms with van der Waals surface area (Å²) >= 11 is 0. The van der Waals surface area contributed by atoms with Crippen molar-refractivity contribution in [3.63, 3.8) is 0 Å². The van der Waals surface area contributed by atoms with Crippen molar-refractivity contribution in [2.45, 2.75) is 32.7 Å². The van der Waals surface area contributed by atoms with E-state index in [9.17, 15) is 0 Å². The fourth-order valence-electron chi connectivity index (χ4n) is 3.27. The molecule has 21 heavy (non-hydrogen) atoms. The average Bonchev–Trinajstić information content (AvgIpc) is 2.48. The second kappa shape index (κ2) is 7.76. The summed E-state index contributed by atoms with van der Waals surface area (Å²) in [6, 6.07) is 4.62. The Morgan fingerprint density at radius 2 is 2.10 bits per heavy atom. The van der Waals surface area contributed by atoms with E-state index in [2.05, 4.69) is 54.1 Å². The van der Waals surface area contributed by atoms with Crippen LogP contribution in [0.1, 0.15) is 38.3 Å². The molecule has 0 bridgehead atoms. The number of aromatic nitrogens is 1. The van der Waals surface area contributed by atoms with Gasteiger partial charge in [0, 0.05) is 37.4 Å². The van der Waals surface area contributed by atoms with Crippen molar-refractivity contribution in [3.05, 3.63) is 23.9 Å². The summed E-state index contributed by atoms with van der Waals surface area (Å²) in [5, 5.41) is 3.50. The third-order valence-electron chi connectivity index (χ3n) is 4.33. The van der Waals surface area contributed by atoms with Crippen LogP contribution in [0.5, 0.6) is 0 Å². The number of hydrogen-bond donors (Lipinski definition) is 1. The zero-order valence-electron chi connectivity index (χ0n) is 14.0. The van der Waals surface area contributed by atoms with Crippen molar-refractivity contribution in [1.29, 1.82) is 0 Å². The molecule has 118 valence electrons. The van der Waals surface area contributed by atoms with Crippen molar-refractivity contribution in [2.24, 2.45) is 5.92 Å². The second-order valence-electron chi connectivity index (χ2n) is 6.39. The van der Waals surface area contributed by atoms with Crippen LogP contribution in [0.25, 0.3) is 0 Å². The molecule has 0 amide bonds. The van der Waals surface area contributed by atoms with Crippen molar-refractivity contribution < 1.29 is 0 Å². The van der Waals surface area contributed by atoms with E-state index < -0.39 is 0 Å². The molecule has 1 aliphatic rings. The quantitative estimate of drug-likeness (QED) is 0.872. The minimum atomic E-state index is 0.359. The average molecular weight is 290 g/mol. The summed E-state index contributed by atoms with van der Waals surface area (Å²) in [5.41, 5.74) is 1.32. The first-order chi connectivity index (χ1) is 10.1. The van der Waals surface area contributed by atoms with Gasteiger partial charge in [-0.25, -0.2) is 4.98 Å². The molecular weight excluding hydrogens is 260 g/mol. The maximum Gasteiger partial charge on any atom is 0.133 e. The number of anilines is 1. The third kappa shape index (κ3) is 4.42. The van der Waals surface area contributed by atoms with Gasteiger partial charge >= 0.3 is 0 Å². The predicted octanol–water partition coefficient (Wildman–Crippen LogP) is 2.53. The van der Waals surface area contributed by atoms with Crippen LogP contribution in [0.3, 0.4) is 0 Å². The lowest BCUT2D eigenvalue weighted by Gasteiger charge is -2.35. The Morgan fingerprint density at radius 3 is 2.71 bits per heavy atom. The van der Waals surface area contributed by atoms with Crippen LogP contribution in [-0.2, 0) is 0 Å². The van der Waals surface area contributed by atoms with Gasteiger partial charge in [0.15, 0.2) is 0 Å². The molecule has 1 atom stereocenters. The molecule has 1 aliphatic heterocycles. The van der Waals surface area contributed by atoms with Gasteiger partial charge < -0.3 is 15.1 Å². The Morgan fingerprint density at radius 1 is 1.38 bits per heavy atom. The molecule has 2 heterocycles. The van der Waals surface area contributed by atoms with Gasteiger partial charge in [-0.15, -0.1) is 0 Å². The fraction of sp³-hybridized carbons (Fsp3) is 0.706. The summed E-state index contributed by atoms with van der Waals surface area (Å²) < 4.78 is 0. The highest BCUT2D eigenvalue weighted by Gasteiger charge is 2.23. The van der Waals surface area contributed by atoms with Gasteiger partial charge in [-0.1, -0.05) is 13.0 Å². The molecule has 0 radical (unpaired) electrons. The SMILES string of the molecule is CCNC(C)c1cccnc1N1CCC(CN(C)C)CC1. The fourth-order valence-corrected chi connectivity index (χ4v) is 3.27. The standard InChI is InChI=1S/C17H30N4/c1-5-18-14(2)16-7-6-10-19-17(16)21-11-8-15(9-12-21)13-20(3)4/h6-7,10,14-15,18H,5,8-9,11-13H2,1-4H3. The van der Waals surface area contributed by atoms with Gasteiger partial charge in [0.1, 0.15) is 5.82 Å². The van der Waals surface area contributed by atoms with Crippen LogP contribution in [0.15, 0.2) is 18.3 Å². The number of piperidine rings is 1. The van der Waals surface area contributed by atoms with E-state index in [1.165, 1.54) is 30.8 Å². The summed E-state index contributed by atoms with van der Waals surface area (Å²) in [7, 11) is 4.34. The van der Waals surface area contributed by atoms with Crippen molar-refractivity contribution >= 4 is 5.82 Å². The minimum absolute atomic E-state index is 0.359. The van der Waals surface area contributed by atoms with Gasteiger partial charge in [-0.2, -0.15) is 0 Å². The first kappa shape index (κ1) is 16.2. The Hall–Kier alpha value is -1.13.